The largest absolute Gasteiger partial charge is 0.370 e. The Balaban J connectivity index is 1.87. The van der Waals surface area contributed by atoms with Crippen molar-refractivity contribution in [2.75, 3.05) is 0 Å². The van der Waals surface area contributed by atoms with Crippen LogP contribution in [0.2, 0.25) is 0 Å². The van der Waals surface area contributed by atoms with Crippen LogP contribution in [0.4, 0.5) is 0 Å². The first-order valence-electron chi connectivity index (χ1n) is 26.6. The molecule has 7 rings (SSSR count). The summed E-state index contributed by atoms with van der Waals surface area (Å²) in [5, 5.41) is 0.875. The first-order valence-corrected chi connectivity index (χ1v) is 29.7. The molecule has 0 aliphatic heterocycles. The molecule has 2 unspecified atom stereocenters. The van der Waals surface area contributed by atoms with Crippen LogP contribution in [0.1, 0.15) is 211 Å². The van der Waals surface area contributed by atoms with E-state index in [1.165, 1.54) is 83.5 Å². The zero-order valence-corrected chi connectivity index (χ0v) is 50.9. The molecule has 1 aliphatic carbocycles. The highest BCUT2D eigenvalue weighted by Crippen LogP contribution is 2.66. The quantitative estimate of drug-likeness (QED) is 0.163. The Bertz CT molecular complexity index is 3070. The van der Waals surface area contributed by atoms with Crippen molar-refractivity contribution in [1.29, 1.82) is 0 Å². The molecule has 0 saturated carbocycles. The fourth-order valence-corrected chi connectivity index (χ4v) is 12.9. The van der Waals surface area contributed by atoms with Crippen molar-refractivity contribution in [1.82, 2.24) is 0 Å². The molecular weight excluding hydrogens is 911 g/mol. The van der Waals surface area contributed by atoms with Crippen LogP contribution in [-0.4, -0.2) is 9.79 Å². The lowest BCUT2D eigenvalue weighted by Gasteiger charge is -2.40. The molecule has 72 heavy (non-hydrogen) atoms. The van der Waals surface area contributed by atoms with E-state index in [1.807, 2.05) is 0 Å². The van der Waals surface area contributed by atoms with Gasteiger partial charge in [-0.2, -0.15) is 0 Å². The van der Waals surface area contributed by atoms with Crippen molar-refractivity contribution < 1.29 is 9.79 Å². The molecule has 2 N–H and O–H groups in total. The van der Waals surface area contributed by atoms with E-state index in [-0.39, 0.29) is 43.3 Å². The molecule has 0 fully saturated rings. The average Bonchev–Trinajstić information content (AvgIpc) is 3.23. The topological polar surface area (TPSA) is 40.5 Å². The van der Waals surface area contributed by atoms with Gasteiger partial charge in [-0.1, -0.05) is 257 Å². The summed E-state index contributed by atoms with van der Waals surface area (Å²) in [5.41, 5.74) is 23.0. The van der Waals surface area contributed by atoms with Crippen molar-refractivity contribution in [3.05, 3.63) is 136 Å². The van der Waals surface area contributed by atoms with Crippen LogP contribution in [0, 0.1) is 0 Å². The molecule has 384 valence electrons. The normalized spacial score (nSPS) is 14.4. The van der Waals surface area contributed by atoms with E-state index in [0.29, 0.717) is 0 Å². The van der Waals surface area contributed by atoms with Gasteiger partial charge in [0.2, 0.25) is 0 Å². The van der Waals surface area contributed by atoms with Gasteiger partial charge in [0.1, 0.15) is 7.84 Å². The molecule has 0 amide bonds. The Labute approximate surface area is 440 Å². The van der Waals surface area contributed by atoms with Gasteiger partial charge in [0.25, 0.3) is 0 Å². The smallest absolute Gasteiger partial charge is 0.107 e. The van der Waals surface area contributed by atoms with Gasteiger partial charge in [-0.3, -0.25) is 0 Å². The van der Waals surface area contributed by atoms with Crippen molar-refractivity contribution in [3.8, 4) is 66.8 Å². The van der Waals surface area contributed by atoms with Crippen molar-refractivity contribution >= 4 is 21.6 Å². The maximum Gasteiger partial charge on any atom is 0.107 e. The summed E-state index contributed by atoms with van der Waals surface area (Å²) in [4.78, 5) is 24.8. The molecule has 6 aromatic carbocycles. The summed E-state index contributed by atoms with van der Waals surface area (Å²) in [6, 6.07) is 35.7. The predicted octanol–water partition coefficient (Wildman–Crippen LogP) is 19.9. The molecule has 0 saturated heterocycles. The summed E-state index contributed by atoms with van der Waals surface area (Å²) < 4.78 is 0. The highest BCUT2D eigenvalue weighted by molar-refractivity contribution is 8.20. The minimum Gasteiger partial charge on any atom is -0.370 e. The van der Waals surface area contributed by atoms with Crippen LogP contribution in [0.5, 0.6) is 0 Å². The molecule has 6 aromatic rings. The second-order valence-electron chi connectivity index (χ2n) is 29.4. The molecular formula is C68H90O2P2. The highest BCUT2D eigenvalue weighted by Gasteiger charge is 2.42. The maximum absolute atomic E-state index is 13.1. The van der Waals surface area contributed by atoms with Crippen LogP contribution in [0.25, 0.3) is 66.8 Å². The summed E-state index contributed by atoms with van der Waals surface area (Å²) in [6.45, 7) is 55.8. The zero-order valence-electron chi connectivity index (χ0n) is 49.0. The molecule has 0 spiro atoms. The third-order valence-electron chi connectivity index (χ3n) is 15.2. The minimum atomic E-state index is -2.06. The Kier molecular flexibility index (Phi) is 14.3. The second kappa shape index (κ2) is 18.4. The summed E-state index contributed by atoms with van der Waals surface area (Å²) in [6.07, 6.45) is 0. The third kappa shape index (κ3) is 10.4. The standard InChI is InChI=1S/C68H90O2P2/c1-61(2,3)40-28-32-44(50(36-40)65(13,14)15)45-26-25-27-49-54(45)59-57(49)55(46-33-29-41(62(4,5)6)37-51(46)66(16,17)18)56(47-34-30-42(63(7,8)9)38-52(47)67(19,20)21)58(60(59)72(70)71-69)48-35-31-43(64(10,11)12)39-53(48)68(22,23)24/h25-39,69-71H,1-24H3. The predicted molar refractivity (Wildman–Crippen MR) is 322 cm³/mol. The van der Waals surface area contributed by atoms with E-state index in [4.69, 9.17) is 0 Å². The number of fused-ring (bicyclic) bond motifs is 4. The molecule has 2 nitrogen and oxygen atoms in total. The fourth-order valence-electron chi connectivity index (χ4n) is 10.9. The molecule has 0 radical (unpaired) electrons. The summed E-state index contributed by atoms with van der Waals surface area (Å²) in [7, 11) is -2.73. The van der Waals surface area contributed by atoms with Crippen molar-refractivity contribution in [2.24, 2.45) is 0 Å². The Hall–Kier alpha value is -3.90. The lowest BCUT2D eigenvalue weighted by molar-refractivity contribution is 0.568. The van der Waals surface area contributed by atoms with E-state index in [9.17, 15) is 9.79 Å². The molecule has 4 heteroatoms. The van der Waals surface area contributed by atoms with Crippen LogP contribution in [0.15, 0.2) is 91.0 Å². The second-order valence-corrected chi connectivity index (χ2v) is 32.5. The minimum absolute atomic E-state index is 0.0212. The van der Waals surface area contributed by atoms with E-state index in [1.54, 1.807) is 0 Å². The van der Waals surface area contributed by atoms with Gasteiger partial charge in [0.05, 0.1) is 8.50 Å². The van der Waals surface area contributed by atoms with Crippen LogP contribution >= 0.6 is 16.3 Å². The SMILES string of the molecule is CC(C)(C)c1ccc(-c2cccc3c2-c2c-3c(-c3ccc(C(C)(C)C)cc3C(C)(C)C)c(-c3ccc(C(C)(C)C)cc3C(C)(C)C)c(-c3ccc(C(C)(C)C)cc3C(C)(C)C)c2P(O)PO)c(C(C)(C)C)c1. The number of benzene rings is 6. The lowest BCUT2D eigenvalue weighted by atomic mass is 9.65. The molecule has 0 heterocycles. The van der Waals surface area contributed by atoms with Crippen LogP contribution < -0.4 is 5.30 Å². The zero-order chi connectivity index (χ0) is 54.0. The molecule has 0 aromatic heterocycles. The Morgan fingerprint density at radius 3 is 0.889 bits per heavy atom. The number of hydrogen-bond acceptors (Lipinski definition) is 2. The monoisotopic (exact) mass is 1000 g/mol. The van der Waals surface area contributed by atoms with Crippen LogP contribution in [-0.2, 0) is 43.3 Å². The van der Waals surface area contributed by atoms with Gasteiger partial charge in [0, 0.05) is 16.4 Å². The van der Waals surface area contributed by atoms with Gasteiger partial charge in [-0.15, -0.1) is 0 Å². The van der Waals surface area contributed by atoms with E-state index in [2.05, 4.69) is 257 Å². The van der Waals surface area contributed by atoms with Gasteiger partial charge in [-0.05, 0) is 143 Å². The fraction of sp³-hybridized carbons (Fsp3) is 0.471. The van der Waals surface area contributed by atoms with Crippen molar-refractivity contribution in [3.63, 3.8) is 0 Å². The van der Waals surface area contributed by atoms with Crippen molar-refractivity contribution in [2.45, 2.75) is 209 Å². The van der Waals surface area contributed by atoms with Gasteiger partial charge >= 0.3 is 0 Å². The number of rotatable bonds is 6. The Morgan fingerprint density at radius 2 is 0.569 bits per heavy atom. The molecule has 2 atom stereocenters. The average molecular weight is 1000 g/mol. The molecule has 0 bridgehead atoms. The van der Waals surface area contributed by atoms with Crippen LogP contribution in [0.3, 0.4) is 0 Å². The summed E-state index contributed by atoms with van der Waals surface area (Å²) >= 11 is 0. The first-order chi connectivity index (χ1) is 32.7. The maximum atomic E-state index is 13.1. The van der Waals surface area contributed by atoms with Gasteiger partial charge < -0.3 is 9.79 Å². The number of hydrogen-bond donors (Lipinski definition) is 2. The van der Waals surface area contributed by atoms with E-state index >= 15 is 0 Å². The Morgan fingerprint density at radius 1 is 0.292 bits per heavy atom. The summed E-state index contributed by atoms with van der Waals surface area (Å²) in [5.74, 6) is 0. The van der Waals surface area contributed by atoms with Gasteiger partial charge in [-0.25, -0.2) is 0 Å². The highest BCUT2D eigenvalue weighted by atomic mass is 32.1. The van der Waals surface area contributed by atoms with Gasteiger partial charge in [0.15, 0.2) is 0 Å². The van der Waals surface area contributed by atoms with E-state index in [0.717, 1.165) is 33.1 Å². The molecule has 1 aliphatic rings. The van der Waals surface area contributed by atoms with E-state index < -0.39 is 16.3 Å². The third-order valence-corrected chi connectivity index (χ3v) is 17.5. The lowest BCUT2D eigenvalue weighted by Crippen LogP contribution is -2.24. The first kappa shape index (κ1) is 55.8.